The topological polar surface area (TPSA) is 29.9 Å². The third-order valence-electron chi connectivity index (χ3n) is 3.28. The number of halogens is 1. The number of aromatic nitrogens is 2. The van der Waals surface area contributed by atoms with Crippen LogP contribution in [0.2, 0.25) is 0 Å². The molecule has 0 amide bonds. The molecular formula is C15H16BrN3S. The molecule has 1 aromatic carbocycles. The highest BCUT2D eigenvalue weighted by molar-refractivity contribution is 9.11. The van der Waals surface area contributed by atoms with Gasteiger partial charge in [0.2, 0.25) is 0 Å². The zero-order chi connectivity index (χ0) is 13.9. The number of hydrogen-bond acceptors (Lipinski definition) is 3. The fourth-order valence-electron chi connectivity index (χ4n) is 2.33. The van der Waals surface area contributed by atoms with Crippen molar-refractivity contribution in [2.45, 2.75) is 26.6 Å². The summed E-state index contributed by atoms with van der Waals surface area (Å²) in [7, 11) is 0. The van der Waals surface area contributed by atoms with E-state index in [0.29, 0.717) is 0 Å². The third-order valence-corrected chi connectivity index (χ3v) is 4.83. The molecule has 0 aliphatic heterocycles. The van der Waals surface area contributed by atoms with Crippen molar-refractivity contribution in [1.82, 2.24) is 15.1 Å². The zero-order valence-corrected chi connectivity index (χ0v) is 13.7. The summed E-state index contributed by atoms with van der Waals surface area (Å²) < 4.78 is 3.24. The van der Waals surface area contributed by atoms with Crippen LogP contribution in [0.4, 0.5) is 0 Å². The highest BCUT2D eigenvalue weighted by Gasteiger charge is 2.08. The Kier molecular flexibility index (Phi) is 4.19. The third kappa shape index (κ3) is 2.80. The number of nitrogens with one attached hydrogen (secondary N) is 1. The Morgan fingerprint density at radius 1 is 1.30 bits per heavy atom. The minimum atomic E-state index is 0.793. The average Bonchev–Trinajstić information content (AvgIpc) is 3.03. The standard InChI is InChI=1S/C15H16BrN3S/c1-2-19-14-6-4-3-5-12(14)13(18-19)9-17-8-11-7-15(16)20-10-11/h3-7,10,17H,2,8-9H2,1H3. The van der Waals surface area contributed by atoms with Crippen molar-refractivity contribution >= 4 is 38.2 Å². The van der Waals surface area contributed by atoms with Crippen LogP contribution in [-0.4, -0.2) is 9.78 Å². The summed E-state index contributed by atoms with van der Waals surface area (Å²) in [6.45, 7) is 4.69. The molecule has 0 aliphatic carbocycles. The summed E-state index contributed by atoms with van der Waals surface area (Å²) in [6.07, 6.45) is 0. The van der Waals surface area contributed by atoms with Crippen molar-refractivity contribution < 1.29 is 0 Å². The molecule has 5 heteroatoms. The summed E-state index contributed by atoms with van der Waals surface area (Å²) in [4.78, 5) is 0. The number of thiophene rings is 1. The van der Waals surface area contributed by atoms with Gasteiger partial charge in [-0.2, -0.15) is 5.10 Å². The first-order chi connectivity index (χ1) is 9.78. The number of nitrogens with zero attached hydrogens (tertiary/aromatic N) is 2. The van der Waals surface area contributed by atoms with E-state index in [-0.39, 0.29) is 0 Å². The van der Waals surface area contributed by atoms with Gasteiger partial charge in [-0.3, -0.25) is 4.68 Å². The maximum atomic E-state index is 4.69. The van der Waals surface area contributed by atoms with Crippen LogP contribution in [0.25, 0.3) is 10.9 Å². The molecule has 3 nitrogen and oxygen atoms in total. The van der Waals surface area contributed by atoms with Gasteiger partial charge in [0.15, 0.2) is 0 Å². The molecule has 0 saturated carbocycles. The van der Waals surface area contributed by atoms with Crippen LogP contribution < -0.4 is 5.32 Å². The van der Waals surface area contributed by atoms with Gasteiger partial charge in [-0.1, -0.05) is 18.2 Å². The van der Waals surface area contributed by atoms with E-state index in [1.807, 2.05) is 0 Å². The van der Waals surface area contributed by atoms with Crippen molar-refractivity contribution in [1.29, 1.82) is 0 Å². The molecule has 0 atom stereocenters. The lowest BCUT2D eigenvalue weighted by molar-refractivity contribution is 0.632. The van der Waals surface area contributed by atoms with Crippen molar-refractivity contribution in [3.63, 3.8) is 0 Å². The Morgan fingerprint density at radius 3 is 2.90 bits per heavy atom. The number of rotatable bonds is 5. The smallest absolute Gasteiger partial charge is 0.0841 e. The first-order valence-corrected chi connectivity index (χ1v) is 8.33. The average molecular weight is 350 g/mol. The van der Waals surface area contributed by atoms with Crippen LogP contribution >= 0.6 is 27.3 Å². The van der Waals surface area contributed by atoms with Crippen molar-refractivity contribution in [3.8, 4) is 0 Å². The summed E-state index contributed by atoms with van der Waals surface area (Å²) in [5, 5.41) is 11.6. The van der Waals surface area contributed by atoms with E-state index < -0.39 is 0 Å². The van der Waals surface area contributed by atoms with Gasteiger partial charge in [-0.05, 0) is 45.9 Å². The number of aryl methyl sites for hydroxylation is 1. The summed E-state index contributed by atoms with van der Waals surface area (Å²) in [5.41, 5.74) is 3.64. The van der Waals surface area contributed by atoms with Crippen LogP contribution in [0.3, 0.4) is 0 Å². The van der Waals surface area contributed by atoms with Gasteiger partial charge < -0.3 is 5.32 Å². The molecule has 3 rings (SSSR count). The summed E-state index contributed by atoms with van der Waals surface area (Å²) in [6, 6.07) is 10.6. The van der Waals surface area contributed by atoms with Crippen molar-refractivity contribution in [3.05, 3.63) is 50.8 Å². The molecule has 20 heavy (non-hydrogen) atoms. The fourth-order valence-corrected chi connectivity index (χ4v) is 3.54. The van der Waals surface area contributed by atoms with Gasteiger partial charge >= 0.3 is 0 Å². The number of hydrogen-bond donors (Lipinski definition) is 1. The summed E-state index contributed by atoms with van der Waals surface area (Å²) in [5.74, 6) is 0. The van der Waals surface area contributed by atoms with E-state index in [2.05, 4.69) is 68.6 Å². The second-order valence-corrected chi connectivity index (χ2v) is 6.93. The Hall–Kier alpha value is -1.17. The molecule has 0 fully saturated rings. The quantitative estimate of drug-likeness (QED) is 0.749. The maximum absolute atomic E-state index is 4.69. The molecular weight excluding hydrogens is 334 g/mol. The number of benzene rings is 1. The van der Waals surface area contributed by atoms with Gasteiger partial charge in [0, 0.05) is 25.0 Å². The molecule has 2 heterocycles. The molecule has 2 aromatic heterocycles. The van der Waals surface area contributed by atoms with E-state index in [1.54, 1.807) is 11.3 Å². The molecule has 1 N–H and O–H groups in total. The minimum Gasteiger partial charge on any atom is -0.307 e. The van der Waals surface area contributed by atoms with E-state index in [1.165, 1.54) is 20.3 Å². The SMILES string of the molecule is CCn1nc(CNCc2csc(Br)c2)c2ccccc21. The van der Waals surface area contributed by atoms with Crippen molar-refractivity contribution in [2.24, 2.45) is 0 Å². The van der Waals surface area contributed by atoms with E-state index in [0.717, 1.165) is 25.3 Å². The first-order valence-electron chi connectivity index (χ1n) is 6.66. The fraction of sp³-hybridized carbons (Fsp3) is 0.267. The van der Waals surface area contributed by atoms with E-state index >= 15 is 0 Å². The molecule has 0 unspecified atom stereocenters. The maximum Gasteiger partial charge on any atom is 0.0841 e. The van der Waals surface area contributed by atoms with Crippen LogP contribution in [0.15, 0.2) is 39.5 Å². The molecule has 3 aromatic rings. The number of para-hydroxylation sites is 1. The summed E-state index contributed by atoms with van der Waals surface area (Å²) >= 11 is 5.21. The molecule has 0 saturated heterocycles. The molecule has 104 valence electrons. The largest absolute Gasteiger partial charge is 0.307 e. The van der Waals surface area contributed by atoms with Gasteiger partial charge in [0.05, 0.1) is 15.0 Å². The second kappa shape index (κ2) is 6.08. The normalized spacial score (nSPS) is 11.3. The van der Waals surface area contributed by atoms with Gasteiger partial charge in [-0.25, -0.2) is 0 Å². The second-order valence-electron chi connectivity index (χ2n) is 4.64. The lowest BCUT2D eigenvalue weighted by Crippen LogP contribution is -2.13. The Labute approximate surface area is 130 Å². The van der Waals surface area contributed by atoms with E-state index in [4.69, 9.17) is 5.10 Å². The van der Waals surface area contributed by atoms with E-state index in [9.17, 15) is 0 Å². The lowest BCUT2D eigenvalue weighted by atomic mass is 10.2. The molecule has 0 bridgehead atoms. The Bertz CT molecular complexity index is 717. The highest BCUT2D eigenvalue weighted by Crippen LogP contribution is 2.21. The minimum absolute atomic E-state index is 0.793. The number of fused-ring (bicyclic) bond motifs is 1. The van der Waals surface area contributed by atoms with Crippen molar-refractivity contribution in [2.75, 3.05) is 0 Å². The lowest BCUT2D eigenvalue weighted by Gasteiger charge is -2.01. The predicted octanol–water partition coefficient (Wildman–Crippen LogP) is 4.17. The van der Waals surface area contributed by atoms with Gasteiger partial charge in [-0.15, -0.1) is 11.3 Å². The Balaban J connectivity index is 1.74. The first kappa shape index (κ1) is 13.8. The Morgan fingerprint density at radius 2 is 2.15 bits per heavy atom. The van der Waals surface area contributed by atoms with Crippen LogP contribution in [0.5, 0.6) is 0 Å². The van der Waals surface area contributed by atoms with Crippen LogP contribution in [-0.2, 0) is 19.6 Å². The molecule has 0 spiro atoms. The molecule has 0 radical (unpaired) electrons. The zero-order valence-electron chi connectivity index (χ0n) is 11.3. The molecule has 0 aliphatic rings. The highest BCUT2D eigenvalue weighted by atomic mass is 79.9. The van der Waals surface area contributed by atoms with Crippen LogP contribution in [0, 0.1) is 0 Å². The van der Waals surface area contributed by atoms with Gasteiger partial charge in [0.25, 0.3) is 0 Å². The van der Waals surface area contributed by atoms with Gasteiger partial charge in [0.1, 0.15) is 0 Å². The van der Waals surface area contributed by atoms with Crippen LogP contribution in [0.1, 0.15) is 18.2 Å². The predicted molar refractivity (Wildman–Crippen MR) is 88.0 cm³/mol. The monoisotopic (exact) mass is 349 g/mol.